The Kier molecular flexibility index (Phi) is 23.0. The number of hydrazine groups is 1. The van der Waals surface area contributed by atoms with Crippen LogP contribution < -0.4 is 0 Å². The van der Waals surface area contributed by atoms with E-state index >= 15 is 0 Å². The molecule has 3 aromatic rings. The molecule has 0 saturated heterocycles. The summed E-state index contributed by atoms with van der Waals surface area (Å²) < 4.78 is 31.1. The Morgan fingerprint density at radius 3 is 1.59 bits per heavy atom. The van der Waals surface area contributed by atoms with Gasteiger partial charge >= 0.3 is 240 Å². The zero-order chi connectivity index (χ0) is 30.2. The Bertz CT molecular complexity index is 1140. The molecule has 0 N–H and O–H groups in total. The van der Waals surface area contributed by atoms with Crippen LogP contribution in [0.5, 0.6) is 0 Å². The Hall–Kier alpha value is -3.39. The first-order valence-corrected chi connectivity index (χ1v) is 12.1. The molecule has 0 radical (unpaired) electrons. The van der Waals surface area contributed by atoms with Crippen molar-refractivity contribution in [2.24, 2.45) is 5.92 Å². The molecule has 0 bridgehead atoms. The van der Waals surface area contributed by atoms with E-state index in [0.717, 1.165) is 16.6 Å². The van der Waals surface area contributed by atoms with Crippen molar-refractivity contribution in [3.8, 4) is 0 Å². The van der Waals surface area contributed by atoms with Gasteiger partial charge in [0.1, 0.15) is 0 Å². The van der Waals surface area contributed by atoms with Gasteiger partial charge in [-0.05, 0) is 0 Å². The van der Waals surface area contributed by atoms with Crippen LogP contribution in [-0.2, 0) is 41.0 Å². The molecule has 0 saturated carbocycles. The van der Waals surface area contributed by atoms with Crippen molar-refractivity contribution >= 4 is 10.3 Å². The summed E-state index contributed by atoms with van der Waals surface area (Å²) in [5.41, 5.74) is 3.20. The fourth-order valence-electron chi connectivity index (χ4n) is 3.81. The van der Waals surface area contributed by atoms with Gasteiger partial charge in [-0.25, -0.2) is 0 Å². The fraction of sp³-hybridized carbons (Fsp3) is 0.226. The summed E-state index contributed by atoms with van der Waals surface area (Å²) >= 11 is 3.33. The first-order valence-electron chi connectivity index (χ1n) is 11.4. The number of nitrogens with zero attached hydrogens (tertiary/aromatic N) is 2. The van der Waals surface area contributed by atoms with Crippen LogP contribution in [-0.4, -0.2) is 34.4 Å². The molecule has 3 aromatic carbocycles. The van der Waals surface area contributed by atoms with E-state index in [1.54, 1.807) is 0 Å². The van der Waals surface area contributed by atoms with Crippen LogP contribution >= 0.6 is 0 Å². The van der Waals surface area contributed by atoms with E-state index < -0.39 is 0 Å². The standard InChI is InChI=1S/C27H30N2O.4CO.Cr/c1-22(20-29(28(2)3)21-23-13-7-4-8-14-23)26(24-15-9-5-10-16-24)19-27(30)25-17-11-6-12-18-25;4*1-2;/h4-18,22,26H,19,21H2,1-3H3;;;;;/t22-,26+;;;;;/m0...../s1. The van der Waals surface area contributed by atoms with Gasteiger partial charge in [-0.2, -0.15) is 0 Å². The number of rotatable bonds is 10. The van der Waals surface area contributed by atoms with Crippen molar-refractivity contribution in [2.45, 2.75) is 25.8 Å². The molecule has 0 aliphatic carbocycles. The van der Waals surface area contributed by atoms with E-state index in [1.807, 2.05) is 42.5 Å². The van der Waals surface area contributed by atoms with E-state index in [2.05, 4.69) is 122 Å². The van der Waals surface area contributed by atoms with E-state index in [0.29, 0.717) is 6.42 Å². The summed E-state index contributed by atoms with van der Waals surface area (Å²) in [5.74, 6) is 0.387. The summed E-state index contributed by atoms with van der Waals surface area (Å²) in [5, 5.41) is 4.36. The number of carbonyl (C=O) groups excluding carboxylic acids is 1. The molecule has 3 rings (SSSR count). The van der Waals surface area contributed by atoms with Crippen molar-refractivity contribution in [3.05, 3.63) is 134 Å². The van der Waals surface area contributed by atoms with Gasteiger partial charge in [0.15, 0.2) is 0 Å². The molecular weight excluding hydrogens is 532 g/mol. The maximum absolute atomic E-state index is 13.1. The number of ketones is 1. The maximum atomic E-state index is 13.1. The summed E-state index contributed by atoms with van der Waals surface area (Å²) in [4.78, 5) is 13.1. The zero-order valence-corrected chi connectivity index (χ0v) is 23.3. The Labute approximate surface area is 239 Å². The van der Waals surface area contributed by atoms with Crippen LogP contribution in [0.15, 0.2) is 91.0 Å². The molecule has 7 nitrogen and oxygen atoms in total. The van der Waals surface area contributed by atoms with E-state index in [-0.39, 0.29) is 17.6 Å². The topological polar surface area (TPSA) is 103 Å². The van der Waals surface area contributed by atoms with E-state index in [4.69, 9.17) is 18.6 Å². The number of carbonyl (C=O) groups is 1. The average molecular weight is 563 g/mol. The molecule has 39 heavy (non-hydrogen) atoms. The average Bonchev–Trinajstić information content (AvgIpc) is 3.03. The molecule has 8 heteroatoms. The third-order valence-electron chi connectivity index (χ3n) is 5.63. The third-order valence-corrected chi connectivity index (χ3v) is 6.54. The number of hydrogen-bond donors (Lipinski definition) is 0. The van der Waals surface area contributed by atoms with E-state index in [1.165, 1.54) is 11.1 Å². The molecule has 0 aliphatic rings. The molecule has 2 atom stereocenters. The molecule has 0 amide bonds. The molecule has 0 heterocycles. The molecule has 0 fully saturated rings. The molecule has 0 aliphatic heterocycles. The molecule has 0 aromatic heterocycles. The normalized spacial score (nSPS) is 10.7. The SMILES string of the molecule is C[C@@H]([C](=[Cr])N(Cc1ccccc1)N(C)C)[C@@H](CC(=O)c1ccccc1)c1ccccc1.[C-]#[O+].[C-]#[O+].[C-]#[O+].[C-]#[O+]. The van der Waals surface area contributed by atoms with Crippen LogP contribution in [0.25, 0.3) is 0 Å². The van der Waals surface area contributed by atoms with Gasteiger partial charge in [-0.1, -0.05) is 0 Å². The van der Waals surface area contributed by atoms with Gasteiger partial charge in [0.05, 0.1) is 0 Å². The zero-order valence-electron chi connectivity index (χ0n) is 22.1. The Morgan fingerprint density at radius 1 is 0.744 bits per heavy atom. The van der Waals surface area contributed by atoms with Crippen LogP contribution in [0, 0.1) is 32.5 Å². The summed E-state index contributed by atoms with van der Waals surface area (Å²) in [6.45, 7) is 21.0. The van der Waals surface area contributed by atoms with Gasteiger partial charge in [0.2, 0.25) is 0 Å². The Morgan fingerprint density at radius 2 is 1.15 bits per heavy atom. The predicted octanol–water partition coefficient (Wildman–Crippen LogP) is 5.18. The second-order valence-corrected chi connectivity index (χ2v) is 8.68. The Balaban J connectivity index is 0. The number of Topliss-reactive ketones (excluding diaryl/α,β-unsaturated/α-hetero) is 1. The summed E-state index contributed by atoms with van der Waals surface area (Å²) in [6, 6.07) is 30.4. The quantitative estimate of drug-likeness (QED) is 0.147. The van der Waals surface area contributed by atoms with Gasteiger partial charge in [-0.3, -0.25) is 0 Å². The van der Waals surface area contributed by atoms with Gasteiger partial charge < -0.3 is 0 Å². The molecule has 0 spiro atoms. The molecular formula is C31H30CrN2O5. The van der Waals surface area contributed by atoms with E-state index in [9.17, 15) is 4.79 Å². The van der Waals surface area contributed by atoms with Crippen LogP contribution in [0.1, 0.15) is 40.7 Å². The third kappa shape index (κ3) is 13.3. The number of hydrogen-bond acceptors (Lipinski definition) is 3. The summed E-state index contributed by atoms with van der Waals surface area (Å²) in [6.07, 6.45) is 0.465. The second-order valence-electron chi connectivity index (χ2n) is 8.03. The minimum absolute atomic E-state index is 0.0726. The molecule has 200 valence electrons. The van der Waals surface area contributed by atoms with Gasteiger partial charge in [-0.15, -0.1) is 0 Å². The van der Waals surface area contributed by atoms with Crippen molar-refractivity contribution in [3.63, 3.8) is 0 Å². The minimum atomic E-state index is 0.0726. The van der Waals surface area contributed by atoms with Crippen LogP contribution in [0.2, 0.25) is 0 Å². The predicted molar refractivity (Wildman–Crippen MR) is 140 cm³/mol. The first-order chi connectivity index (χ1) is 19.0. The van der Waals surface area contributed by atoms with Crippen LogP contribution in [0.4, 0.5) is 0 Å². The number of benzene rings is 3. The molecule has 0 unspecified atom stereocenters. The monoisotopic (exact) mass is 562 g/mol. The summed E-state index contributed by atoms with van der Waals surface area (Å²) in [7, 11) is 4.11. The van der Waals surface area contributed by atoms with Crippen molar-refractivity contribution in [1.29, 1.82) is 0 Å². The van der Waals surface area contributed by atoms with Crippen molar-refractivity contribution in [1.82, 2.24) is 10.0 Å². The van der Waals surface area contributed by atoms with Crippen molar-refractivity contribution < 1.29 is 39.3 Å². The van der Waals surface area contributed by atoms with Gasteiger partial charge in [0.25, 0.3) is 0 Å². The second kappa shape index (κ2) is 23.7. The fourth-order valence-corrected chi connectivity index (χ4v) is 4.42. The van der Waals surface area contributed by atoms with Crippen molar-refractivity contribution in [2.75, 3.05) is 14.1 Å². The first kappa shape index (κ1) is 37.8. The van der Waals surface area contributed by atoms with Crippen LogP contribution in [0.3, 0.4) is 0 Å². The van der Waals surface area contributed by atoms with Gasteiger partial charge in [0, 0.05) is 0 Å².